The van der Waals surface area contributed by atoms with E-state index in [0.29, 0.717) is 44.9 Å². The second-order valence-corrected chi connectivity index (χ2v) is 11.0. The molecule has 0 saturated heterocycles. The lowest BCUT2D eigenvalue weighted by Gasteiger charge is -2.13. The van der Waals surface area contributed by atoms with Gasteiger partial charge in [-0.25, -0.2) is 10.2 Å². The van der Waals surface area contributed by atoms with Gasteiger partial charge in [-0.3, -0.25) is 4.79 Å². The average Bonchev–Trinajstić information content (AvgIpc) is 3.40. The fourth-order valence-corrected chi connectivity index (χ4v) is 5.89. The lowest BCUT2D eigenvalue weighted by molar-refractivity contribution is 0.0732. The van der Waals surface area contributed by atoms with E-state index in [2.05, 4.69) is 47.4 Å². The number of nitrogens with zero attached hydrogens (tertiary/aromatic N) is 1. The van der Waals surface area contributed by atoms with Crippen molar-refractivity contribution < 1.29 is 23.8 Å². The number of H-pyrrole nitrogens is 1. The molecule has 1 aromatic heterocycles. The van der Waals surface area contributed by atoms with Crippen LogP contribution in [0.1, 0.15) is 40.3 Å². The van der Waals surface area contributed by atoms with Crippen LogP contribution >= 0.6 is 31.9 Å². The highest BCUT2D eigenvalue weighted by Gasteiger charge is 2.20. The van der Waals surface area contributed by atoms with Crippen molar-refractivity contribution in [2.45, 2.75) is 13.8 Å². The number of carbonyl (C=O) groups is 2. The number of benzene rings is 4. The zero-order valence-corrected chi connectivity index (χ0v) is 26.5. The topological polar surface area (TPSA) is 102 Å². The fourth-order valence-electron chi connectivity index (χ4n) is 4.55. The molecule has 10 heteroatoms. The van der Waals surface area contributed by atoms with Crippen LogP contribution in [0.2, 0.25) is 0 Å². The van der Waals surface area contributed by atoms with Crippen LogP contribution in [0.5, 0.6) is 17.2 Å². The molecule has 4 aromatic carbocycles. The molecule has 0 aliphatic heterocycles. The average molecular weight is 705 g/mol. The Morgan fingerprint density at radius 3 is 2.37 bits per heavy atom. The van der Waals surface area contributed by atoms with Crippen molar-refractivity contribution in [3.63, 3.8) is 0 Å². The van der Waals surface area contributed by atoms with Crippen LogP contribution in [0, 0.1) is 0 Å². The summed E-state index contributed by atoms with van der Waals surface area (Å²) in [5.41, 5.74) is 6.24. The highest BCUT2D eigenvalue weighted by atomic mass is 79.9. The Morgan fingerprint density at radius 2 is 1.60 bits per heavy atom. The predicted molar refractivity (Wildman–Crippen MR) is 174 cm³/mol. The van der Waals surface area contributed by atoms with E-state index in [1.807, 2.05) is 68.4 Å². The van der Waals surface area contributed by atoms with Gasteiger partial charge in [-0.15, -0.1) is 0 Å². The number of hydrogen-bond acceptors (Lipinski definition) is 6. The third kappa shape index (κ3) is 6.81. The van der Waals surface area contributed by atoms with E-state index < -0.39 is 11.9 Å². The summed E-state index contributed by atoms with van der Waals surface area (Å²) in [5.74, 6) is 0.200. The Morgan fingerprint density at radius 1 is 0.884 bits per heavy atom. The van der Waals surface area contributed by atoms with Gasteiger partial charge in [-0.1, -0.05) is 64.5 Å². The lowest BCUT2D eigenvalue weighted by Crippen LogP contribution is -2.19. The van der Waals surface area contributed by atoms with Crippen LogP contribution in [0.3, 0.4) is 0 Å². The predicted octanol–water partition coefficient (Wildman–Crippen LogP) is 8.14. The van der Waals surface area contributed by atoms with Crippen molar-refractivity contribution in [3.8, 4) is 28.4 Å². The highest BCUT2D eigenvalue weighted by Crippen LogP contribution is 2.35. The molecule has 0 atom stereocenters. The zero-order valence-electron chi connectivity index (χ0n) is 23.3. The van der Waals surface area contributed by atoms with Crippen molar-refractivity contribution in [1.29, 1.82) is 0 Å². The maximum Gasteiger partial charge on any atom is 0.343 e. The third-order valence-electron chi connectivity index (χ3n) is 6.38. The number of para-hydroxylation sites is 1. The molecular formula is C33H27Br2N3O5. The fraction of sp³-hybridized carbons (Fsp3) is 0.121. The molecule has 0 unspecified atom stereocenters. The van der Waals surface area contributed by atoms with Gasteiger partial charge in [0.2, 0.25) is 0 Å². The standard InChI is InChI=1S/C33H27Br2N3O5/c1-3-41-27-15-14-21(17-28(27)42-4-2)33(40)43-31-22(16-23(34)18-25(31)35)19-36-38-32(39)30-29(20-10-6-5-7-11-20)24-12-8-9-13-26(24)37-30/h5-19,37H,3-4H2,1-2H3,(H,38,39). The molecule has 5 rings (SSSR count). The van der Waals surface area contributed by atoms with Crippen LogP contribution in [0.25, 0.3) is 22.0 Å². The molecule has 0 aliphatic rings. The minimum absolute atomic E-state index is 0.230. The summed E-state index contributed by atoms with van der Waals surface area (Å²) in [6, 6.07) is 25.8. The Kier molecular flexibility index (Phi) is 9.58. The molecule has 0 bridgehead atoms. The van der Waals surface area contributed by atoms with Gasteiger partial charge in [0.15, 0.2) is 17.2 Å². The number of fused-ring (bicyclic) bond motifs is 1. The van der Waals surface area contributed by atoms with Gasteiger partial charge < -0.3 is 19.2 Å². The smallest absolute Gasteiger partial charge is 0.343 e. The van der Waals surface area contributed by atoms with Crippen LogP contribution in [0.15, 0.2) is 99.0 Å². The first-order chi connectivity index (χ1) is 20.9. The van der Waals surface area contributed by atoms with E-state index in [1.54, 1.807) is 30.3 Å². The van der Waals surface area contributed by atoms with Crippen LogP contribution in [0.4, 0.5) is 0 Å². The van der Waals surface area contributed by atoms with Gasteiger partial charge >= 0.3 is 5.97 Å². The number of nitrogens with one attached hydrogen (secondary N) is 2. The van der Waals surface area contributed by atoms with Crippen molar-refractivity contribution in [2.75, 3.05) is 13.2 Å². The van der Waals surface area contributed by atoms with Crippen molar-refractivity contribution >= 4 is 60.9 Å². The maximum atomic E-state index is 13.4. The Labute approximate surface area is 265 Å². The normalized spacial score (nSPS) is 11.1. The van der Waals surface area contributed by atoms with Gasteiger partial charge in [-0.2, -0.15) is 5.10 Å². The molecule has 0 radical (unpaired) electrons. The van der Waals surface area contributed by atoms with E-state index in [9.17, 15) is 9.59 Å². The summed E-state index contributed by atoms with van der Waals surface area (Å²) in [4.78, 5) is 29.8. The molecule has 0 aliphatic carbocycles. The molecular weight excluding hydrogens is 678 g/mol. The first-order valence-electron chi connectivity index (χ1n) is 13.5. The minimum atomic E-state index is -0.601. The number of rotatable bonds is 10. The minimum Gasteiger partial charge on any atom is -0.490 e. The number of carbonyl (C=O) groups excluding carboxylic acids is 2. The summed E-state index contributed by atoms with van der Waals surface area (Å²) in [5, 5.41) is 5.13. The monoisotopic (exact) mass is 703 g/mol. The van der Waals surface area contributed by atoms with E-state index in [1.165, 1.54) is 6.21 Å². The number of aromatic nitrogens is 1. The molecule has 1 heterocycles. The Hall–Kier alpha value is -4.41. The van der Waals surface area contributed by atoms with Crippen molar-refractivity contribution in [3.05, 3.63) is 111 Å². The van der Waals surface area contributed by atoms with Gasteiger partial charge in [0, 0.05) is 26.5 Å². The summed E-state index contributed by atoms with van der Waals surface area (Å²) >= 11 is 6.94. The van der Waals surface area contributed by atoms with Gasteiger partial charge in [0.1, 0.15) is 5.69 Å². The molecule has 0 saturated carbocycles. The summed E-state index contributed by atoms with van der Waals surface area (Å²) < 4.78 is 18.3. The highest BCUT2D eigenvalue weighted by molar-refractivity contribution is 9.11. The van der Waals surface area contributed by atoms with Crippen LogP contribution in [-0.4, -0.2) is 36.3 Å². The SMILES string of the molecule is CCOc1ccc(C(=O)Oc2c(Br)cc(Br)cc2C=NNC(=O)c2[nH]c3ccccc3c2-c2ccccc2)cc1OCC. The van der Waals surface area contributed by atoms with E-state index in [4.69, 9.17) is 14.2 Å². The number of amides is 1. The molecule has 2 N–H and O–H groups in total. The summed E-state index contributed by atoms with van der Waals surface area (Å²) in [7, 11) is 0. The van der Waals surface area contributed by atoms with Gasteiger partial charge in [0.25, 0.3) is 5.91 Å². The molecule has 218 valence electrons. The maximum absolute atomic E-state index is 13.4. The summed E-state index contributed by atoms with van der Waals surface area (Å²) in [6.07, 6.45) is 1.42. The molecule has 0 spiro atoms. The first kappa shape index (κ1) is 30.1. The molecule has 0 fully saturated rings. The molecule has 8 nitrogen and oxygen atoms in total. The summed E-state index contributed by atoms with van der Waals surface area (Å²) in [6.45, 7) is 4.60. The number of hydrazone groups is 1. The number of aromatic amines is 1. The number of esters is 1. The second-order valence-electron chi connectivity index (χ2n) is 9.21. The molecule has 5 aromatic rings. The van der Waals surface area contributed by atoms with Crippen molar-refractivity contribution in [1.82, 2.24) is 10.4 Å². The third-order valence-corrected chi connectivity index (χ3v) is 7.42. The Balaban J connectivity index is 1.40. The number of ether oxygens (including phenoxy) is 3. The number of halogens is 2. The molecule has 43 heavy (non-hydrogen) atoms. The van der Waals surface area contributed by atoms with Crippen LogP contribution < -0.4 is 19.6 Å². The van der Waals surface area contributed by atoms with E-state index >= 15 is 0 Å². The quantitative estimate of drug-likeness (QED) is 0.0662. The van der Waals surface area contributed by atoms with Crippen molar-refractivity contribution in [2.24, 2.45) is 5.10 Å². The lowest BCUT2D eigenvalue weighted by atomic mass is 10.0. The van der Waals surface area contributed by atoms with Gasteiger partial charge in [0.05, 0.1) is 29.5 Å². The second kappa shape index (κ2) is 13.7. The largest absolute Gasteiger partial charge is 0.490 e. The van der Waals surface area contributed by atoms with Crippen LogP contribution in [-0.2, 0) is 0 Å². The molecule has 1 amide bonds. The Bertz CT molecular complexity index is 1820. The number of hydrogen-bond donors (Lipinski definition) is 2. The zero-order chi connectivity index (χ0) is 30.3. The van der Waals surface area contributed by atoms with E-state index in [-0.39, 0.29) is 11.3 Å². The first-order valence-corrected chi connectivity index (χ1v) is 15.1. The van der Waals surface area contributed by atoms with E-state index in [0.717, 1.165) is 22.0 Å². The van der Waals surface area contributed by atoms with Gasteiger partial charge in [-0.05, 0) is 71.7 Å².